The molecule has 0 aromatic carbocycles. The van der Waals surface area contributed by atoms with Crippen LogP contribution in [0.2, 0.25) is 0 Å². The Morgan fingerprint density at radius 1 is 1.41 bits per heavy atom. The van der Waals surface area contributed by atoms with E-state index < -0.39 is 0 Å². The van der Waals surface area contributed by atoms with E-state index in [2.05, 4.69) is 30.6 Å². The second-order valence-corrected chi connectivity index (χ2v) is 3.68. The highest BCUT2D eigenvalue weighted by Crippen LogP contribution is 2.14. The molecule has 0 spiro atoms. The maximum absolute atomic E-state index is 4.32. The molecular formula is C10H11N7. The van der Waals surface area contributed by atoms with Crippen LogP contribution in [0.15, 0.2) is 24.8 Å². The zero-order valence-electron chi connectivity index (χ0n) is 9.25. The summed E-state index contributed by atoms with van der Waals surface area (Å²) in [4.78, 5) is 8.32. The number of nitrogens with one attached hydrogen (secondary N) is 2. The second kappa shape index (κ2) is 3.85. The molecule has 0 saturated heterocycles. The van der Waals surface area contributed by atoms with E-state index in [1.165, 1.54) is 6.33 Å². The molecule has 2 N–H and O–H groups in total. The SMILES string of the molecule is Cc1cc2c(NCc3ncn[nH]3)nccn2n1. The molecule has 0 bridgehead atoms. The van der Waals surface area contributed by atoms with Gasteiger partial charge in [0.2, 0.25) is 0 Å². The Morgan fingerprint density at radius 3 is 3.18 bits per heavy atom. The maximum atomic E-state index is 4.32. The summed E-state index contributed by atoms with van der Waals surface area (Å²) in [6.45, 7) is 2.50. The fourth-order valence-electron chi connectivity index (χ4n) is 1.66. The van der Waals surface area contributed by atoms with Gasteiger partial charge in [-0.3, -0.25) is 5.10 Å². The van der Waals surface area contributed by atoms with Crippen molar-refractivity contribution in [2.24, 2.45) is 0 Å². The van der Waals surface area contributed by atoms with E-state index in [4.69, 9.17) is 0 Å². The van der Waals surface area contributed by atoms with Crippen molar-refractivity contribution in [3.63, 3.8) is 0 Å². The summed E-state index contributed by atoms with van der Waals surface area (Å²) >= 11 is 0. The Balaban J connectivity index is 1.89. The molecule has 3 aromatic heterocycles. The van der Waals surface area contributed by atoms with Crippen LogP contribution in [-0.2, 0) is 6.54 Å². The molecular weight excluding hydrogens is 218 g/mol. The molecule has 3 aromatic rings. The van der Waals surface area contributed by atoms with E-state index in [1.54, 1.807) is 10.7 Å². The predicted octanol–water partition coefficient (Wildman–Crippen LogP) is 0.768. The Labute approximate surface area is 96.9 Å². The fourth-order valence-corrected chi connectivity index (χ4v) is 1.66. The summed E-state index contributed by atoms with van der Waals surface area (Å²) in [7, 11) is 0. The fraction of sp³-hybridized carbons (Fsp3) is 0.200. The number of rotatable bonds is 3. The molecule has 3 rings (SSSR count). The summed E-state index contributed by atoms with van der Waals surface area (Å²) < 4.78 is 1.80. The third-order valence-electron chi connectivity index (χ3n) is 2.40. The second-order valence-electron chi connectivity index (χ2n) is 3.68. The molecule has 0 amide bonds. The molecule has 7 heteroatoms. The number of aromatic nitrogens is 6. The Hall–Kier alpha value is -2.44. The first-order chi connectivity index (χ1) is 8.33. The number of hydrogen-bond donors (Lipinski definition) is 2. The molecule has 0 atom stereocenters. The van der Waals surface area contributed by atoms with Crippen LogP contribution in [0, 0.1) is 6.92 Å². The molecule has 0 radical (unpaired) electrons. The zero-order chi connectivity index (χ0) is 11.7. The standard InChI is InChI=1S/C10H11N7/c1-7-4-8-10(11-2-3-17(8)16-7)12-5-9-13-6-14-15-9/h2-4,6H,5H2,1H3,(H,11,12)(H,13,14,15). The van der Waals surface area contributed by atoms with E-state index in [0.29, 0.717) is 6.54 Å². The van der Waals surface area contributed by atoms with Crippen molar-refractivity contribution in [1.82, 2.24) is 29.8 Å². The first-order valence-electron chi connectivity index (χ1n) is 5.22. The van der Waals surface area contributed by atoms with Gasteiger partial charge in [0.25, 0.3) is 0 Å². The summed E-state index contributed by atoms with van der Waals surface area (Å²) in [6.07, 6.45) is 5.01. The Morgan fingerprint density at radius 2 is 2.35 bits per heavy atom. The van der Waals surface area contributed by atoms with Crippen molar-refractivity contribution in [2.45, 2.75) is 13.5 Å². The van der Waals surface area contributed by atoms with Gasteiger partial charge in [0.1, 0.15) is 17.7 Å². The van der Waals surface area contributed by atoms with Gasteiger partial charge < -0.3 is 5.32 Å². The van der Waals surface area contributed by atoms with Crippen molar-refractivity contribution in [1.29, 1.82) is 0 Å². The number of aryl methyl sites for hydroxylation is 1. The largest absolute Gasteiger partial charge is 0.361 e. The van der Waals surface area contributed by atoms with Crippen LogP contribution in [0.1, 0.15) is 11.5 Å². The molecule has 0 aliphatic rings. The van der Waals surface area contributed by atoms with Crippen molar-refractivity contribution in [2.75, 3.05) is 5.32 Å². The maximum Gasteiger partial charge on any atom is 0.152 e. The Bertz CT molecular complexity index is 625. The highest BCUT2D eigenvalue weighted by Gasteiger charge is 2.05. The Kier molecular flexibility index (Phi) is 2.21. The minimum absolute atomic E-state index is 0.552. The third-order valence-corrected chi connectivity index (χ3v) is 2.40. The van der Waals surface area contributed by atoms with Gasteiger partial charge in [0.05, 0.1) is 12.2 Å². The van der Waals surface area contributed by atoms with Gasteiger partial charge in [-0.25, -0.2) is 14.5 Å². The topological polar surface area (TPSA) is 83.8 Å². The lowest BCUT2D eigenvalue weighted by atomic mass is 10.4. The molecule has 86 valence electrons. The van der Waals surface area contributed by atoms with E-state index in [-0.39, 0.29) is 0 Å². The number of aromatic amines is 1. The molecule has 7 nitrogen and oxygen atoms in total. The molecule has 17 heavy (non-hydrogen) atoms. The molecule has 3 heterocycles. The van der Waals surface area contributed by atoms with Gasteiger partial charge in [-0.2, -0.15) is 10.2 Å². The van der Waals surface area contributed by atoms with Crippen LogP contribution in [0.5, 0.6) is 0 Å². The van der Waals surface area contributed by atoms with Gasteiger partial charge in [0.15, 0.2) is 5.82 Å². The summed E-state index contributed by atoms with van der Waals surface area (Å²) in [5.74, 6) is 1.55. The summed E-state index contributed by atoms with van der Waals surface area (Å²) in [5, 5.41) is 14.1. The summed E-state index contributed by atoms with van der Waals surface area (Å²) in [5.41, 5.74) is 1.91. The van der Waals surface area contributed by atoms with Crippen LogP contribution >= 0.6 is 0 Å². The van der Waals surface area contributed by atoms with Crippen molar-refractivity contribution in [3.05, 3.63) is 36.3 Å². The summed E-state index contributed by atoms with van der Waals surface area (Å²) in [6, 6.07) is 1.98. The van der Waals surface area contributed by atoms with Crippen LogP contribution in [0.3, 0.4) is 0 Å². The van der Waals surface area contributed by atoms with Gasteiger partial charge in [-0.05, 0) is 13.0 Å². The first-order valence-corrected chi connectivity index (χ1v) is 5.22. The van der Waals surface area contributed by atoms with E-state index in [0.717, 1.165) is 22.9 Å². The van der Waals surface area contributed by atoms with Crippen molar-refractivity contribution in [3.8, 4) is 0 Å². The monoisotopic (exact) mass is 229 g/mol. The number of hydrogen-bond acceptors (Lipinski definition) is 5. The number of fused-ring (bicyclic) bond motifs is 1. The van der Waals surface area contributed by atoms with Crippen LogP contribution < -0.4 is 5.32 Å². The van der Waals surface area contributed by atoms with Gasteiger partial charge in [0, 0.05) is 12.4 Å². The third kappa shape index (κ3) is 1.82. The lowest BCUT2D eigenvalue weighted by molar-refractivity contribution is 0.911. The average Bonchev–Trinajstić information content (AvgIpc) is 2.93. The van der Waals surface area contributed by atoms with Crippen LogP contribution in [-0.4, -0.2) is 29.8 Å². The molecule has 0 unspecified atom stereocenters. The average molecular weight is 229 g/mol. The van der Waals surface area contributed by atoms with E-state index in [9.17, 15) is 0 Å². The number of H-pyrrole nitrogens is 1. The quantitative estimate of drug-likeness (QED) is 0.693. The molecule has 0 fully saturated rings. The van der Waals surface area contributed by atoms with Gasteiger partial charge >= 0.3 is 0 Å². The lowest BCUT2D eigenvalue weighted by Crippen LogP contribution is -2.04. The number of nitrogens with zero attached hydrogens (tertiary/aromatic N) is 5. The minimum Gasteiger partial charge on any atom is -0.361 e. The van der Waals surface area contributed by atoms with E-state index >= 15 is 0 Å². The normalized spacial score (nSPS) is 10.9. The minimum atomic E-state index is 0.552. The first kappa shape index (κ1) is 9.76. The highest BCUT2D eigenvalue weighted by molar-refractivity contribution is 5.67. The molecule has 0 aliphatic carbocycles. The highest BCUT2D eigenvalue weighted by atomic mass is 15.2. The van der Waals surface area contributed by atoms with E-state index in [1.807, 2.05) is 19.2 Å². The molecule has 0 saturated carbocycles. The van der Waals surface area contributed by atoms with Gasteiger partial charge in [-0.1, -0.05) is 0 Å². The van der Waals surface area contributed by atoms with Gasteiger partial charge in [-0.15, -0.1) is 0 Å². The zero-order valence-corrected chi connectivity index (χ0v) is 9.25. The lowest BCUT2D eigenvalue weighted by Gasteiger charge is -2.04. The van der Waals surface area contributed by atoms with Crippen LogP contribution in [0.25, 0.3) is 5.52 Å². The smallest absolute Gasteiger partial charge is 0.152 e. The number of anilines is 1. The molecule has 0 aliphatic heterocycles. The van der Waals surface area contributed by atoms with Crippen molar-refractivity contribution < 1.29 is 0 Å². The predicted molar refractivity (Wildman–Crippen MR) is 61.4 cm³/mol. The van der Waals surface area contributed by atoms with Crippen molar-refractivity contribution >= 4 is 11.3 Å². The van der Waals surface area contributed by atoms with Crippen LogP contribution in [0.4, 0.5) is 5.82 Å².